The molecule has 1 aromatic heterocycles. The van der Waals surface area contributed by atoms with Crippen molar-refractivity contribution in [2.24, 2.45) is 0 Å². The van der Waals surface area contributed by atoms with E-state index in [9.17, 15) is 4.79 Å². The quantitative estimate of drug-likeness (QED) is 0.704. The van der Waals surface area contributed by atoms with E-state index in [4.69, 9.17) is 0 Å². The first-order valence-electron chi connectivity index (χ1n) is 7.93. The van der Waals surface area contributed by atoms with Crippen molar-refractivity contribution in [1.82, 2.24) is 20.2 Å². The number of amides is 1. The molecule has 0 aliphatic heterocycles. The predicted octanol–water partition coefficient (Wildman–Crippen LogP) is 1.70. The second kappa shape index (κ2) is 9.35. The molecule has 0 saturated carbocycles. The molecule has 0 bridgehead atoms. The van der Waals surface area contributed by atoms with Crippen LogP contribution in [0.1, 0.15) is 42.4 Å². The maximum absolute atomic E-state index is 12.2. The molecule has 1 rings (SSSR count). The molecule has 0 spiro atoms. The average molecular weight is 307 g/mol. The van der Waals surface area contributed by atoms with E-state index in [1.165, 1.54) is 0 Å². The van der Waals surface area contributed by atoms with Crippen molar-refractivity contribution in [2.75, 3.05) is 45.7 Å². The topological polar surface area (TPSA) is 61.4 Å². The molecule has 0 radical (unpaired) electrons. The van der Waals surface area contributed by atoms with Crippen LogP contribution in [0, 0.1) is 6.92 Å². The fourth-order valence-corrected chi connectivity index (χ4v) is 2.02. The van der Waals surface area contributed by atoms with Gasteiger partial charge in [-0.15, -0.1) is 0 Å². The SMILES string of the molecule is CCCCN(C)c1nc(C)cc(C(=O)NCCCN(C)C)n1. The fraction of sp³-hybridized carbons (Fsp3) is 0.688. The largest absolute Gasteiger partial charge is 0.351 e. The van der Waals surface area contributed by atoms with Crippen molar-refractivity contribution >= 4 is 11.9 Å². The van der Waals surface area contributed by atoms with E-state index in [1.54, 1.807) is 6.07 Å². The lowest BCUT2D eigenvalue weighted by Gasteiger charge is -2.17. The fourth-order valence-electron chi connectivity index (χ4n) is 2.02. The van der Waals surface area contributed by atoms with E-state index in [-0.39, 0.29) is 5.91 Å². The molecule has 0 unspecified atom stereocenters. The van der Waals surface area contributed by atoms with Crippen molar-refractivity contribution in [3.8, 4) is 0 Å². The summed E-state index contributed by atoms with van der Waals surface area (Å²) in [7, 11) is 6.01. The van der Waals surface area contributed by atoms with Crippen LogP contribution in [-0.2, 0) is 0 Å². The molecular formula is C16H29N5O. The Kier molecular flexibility index (Phi) is 7.80. The van der Waals surface area contributed by atoms with Crippen LogP contribution >= 0.6 is 0 Å². The number of nitrogens with one attached hydrogen (secondary N) is 1. The number of rotatable bonds is 9. The summed E-state index contributed by atoms with van der Waals surface area (Å²) >= 11 is 0. The number of unbranched alkanes of at least 4 members (excludes halogenated alkanes) is 1. The molecule has 1 N–H and O–H groups in total. The molecule has 6 heteroatoms. The van der Waals surface area contributed by atoms with Gasteiger partial charge in [-0.05, 0) is 46.5 Å². The number of hydrogen-bond donors (Lipinski definition) is 1. The third-order valence-corrected chi connectivity index (χ3v) is 3.33. The maximum Gasteiger partial charge on any atom is 0.270 e. The third kappa shape index (κ3) is 6.39. The average Bonchev–Trinajstić information content (AvgIpc) is 2.48. The summed E-state index contributed by atoms with van der Waals surface area (Å²) in [4.78, 5) is 25.1. The monoisotopic (exact) mass is 307 g/mol. The molecule has 0 aliphatic carbocycles. The Morgan fingerprint density at radius 1 is 1.18 bits per heavy atom. The van der Waals surface area contributed by atoms with Gasteiger partial charge in [-0.1, -0.05) is 13.3 Å². The van der Waals surface area contributed by atoms with Crippen molar-refractivity contribution in [2.45, 2.75) is 33.1 Å². The summed E-state index contributed by atoms with van der Waals surface area (Å²) in [6.07, 6.45) is 3.13. The molecule has 1 heterocycles. The van der Waals surface area contributed by atoms with Gasteiger partial charge in [0.05, 0.1) is 0 Å². The van der Waals surface area contributed by atoms with Gasteiger partial charge in [-0.2, -0.15) is 0 Å². The van der Waals surface area contributed by atoms with Crippen LogP contribution in [-0.4, -0.2) is 61.6 Å². The van der Waals surface area contributed by atoms with Crippen molar-refractivity contribution in [1.29, 1.82) is 0 Å². The molecule has 6 nitrogen and oxygen atoms in total. The summed E-state index contributed by atoms with van der Waals surface area (Å²) in [6, 6.07) is 1.73. The predicted molar refractivity (Wildman–Crippen MR) is 90.5 cm³/mol. The highest BCUT2D eigenvalue weighted by atomic mass is 16.1. The van der Waals surface area contributed by atoms with Gasteiger partial charge in [0.25, 0.3) is 5.91 Å². The smallest absolute Gasteiger partial charge is 0.270 e. The van der Waals surface area contributed by atoms with Crippen LogP contribution < -0.4 is 10.2 Å². The number of aromatic nitrogens is 2. The summed E-state index contributed by atoms with van der Waals surface area (Å²) in [6.45, 7) is 6.54. The van der Waals surface area contributed by atoms with Gasteiger partial charge in [0.2, 0.25) is 5.95 Å². The van der Waals surface area contributed by atoms with Crippen molar-refractivity contribution < 1.29 is 4.79 Å². The lowest BCUT2D eigenvalue weighted by atomic mass is 10.3. The number of carbonyl (C=O) groups is 1. The molecule has 22 heavy (non-hydrogen) atoms. The Bertz CT molecular complexity index is 476. The van der Waals surface area contributed by atoms with Gasteiger partial charge in [0.15, 0.2) is 0 Å². The van der Waals surface area contributed by atoms with E-state index < -0.39 is 0 Å². The highest BCUT2D eigenvalue weighted by molar-refractivity contribution is 5.92. The minimum atomic E-state index is -0.130. The molecule has 0 fully saturated rings. The van der Waals surface area contributed by atoms with Gasteiger partial charge in [-0.25, -0.2) is 9.97 Å². The Labute approximate surface area is 133 Å². The standard InChI is InChI=1S/C16H29N5O/c1-6-7-11-21(5)16-18-13(2)12-14(19-16)15(22)17-9-8-10-20(3)4/h12H,6-11H2,1-5H3,(H,17,22). The molecule has 0 saturated heterocycles. The van der Waals surface area contributed by atoms with E-state index in [0.717, 1.165) is 38.0 Å². The highest BCUT2D eigenvalue weighted by Gasteiger charge is 2.12. The van der Waals surface area contributed by atoms with E-state index >= 15 is 0 Å². The molecule has 1 amide bonds. The molecule has 0 atom stereocenters. The Balaban J connectivity index is 2.65. The summed E-state index contributed by atoms with van der Waals surface area (Å²) in [5.74, 6) is 0.487. The third-order valence-electron chi connectivity index (χ3n) is 3.33. The number of nitrogens with zero attached hydrogens (tertiary/aromatic N) is 4. The van der Waals surface area contributed by atoms with E-state index in [2.05, 4.69) is 27.1 Å². The van der Waals surface area contributed by atoms with Crippen LogP contribution in [0.15, 0.2) is 6.07 Å². The minimum Gasteiger partial charge on any atom is -0.351 e. The van der Waals surface area contributed by atoms with Crippen LogP contribution in [0.5, 0.6) is 0 Å². The second-order valence-corrected chi connectivity index (χ2v) is 5.88. The first-order valence-corrected chi connectivity index (χ1v) is 7.93. The lowest BCUT2D eigenvalue weighted by Crippen LogP contribution is -2.29. The van der Waals surface area contributed by atoms with Crippen LogP contribution in [0.4, 0.5) is 5.95 Å². The molecule has 0 aromatic carbocycles. The summed E-state index contributed by atoms with van der Waals surface area (Å²) in [5, 5.41) is 2.92. The summed E-state index contributed by atoms with van der Waals surface area (Å²) < 4.78 is 0. The van der Waals surface area contributed by atoms with Gasteiger partial charge in [-0.3, -0.25) is 4.79 Å². The highest BCUT2D eigenvalue weighted by Crippen LogP contribution is 2.10. The first kappa shape index (κ1) is 18.4. The van der Waals surface area contributed by atoms with E-state index in [1.807, 2.05) is 33.0 Å². The van der Waals surface area contributed by atoms with Crippen LogP contribution in [0.3, 0.4) is 0 Å². The summed E-state index contributed by atoms with van der Waals surface area (Å²) in [5.41, 5.74) is 1.25. The van der Waals surface area contributed by atoms with Gasteiger partial charge < -0.3 is 15.1 Å². The zero-order valence-corrected chi connectivity index (χ0v) is 14.5. The molecular weight excluding hydrogens is 278 g/mol. The zero-order chi connectivity index (χ0) is 16.5. The zero-order valence-electron chi connectivity index (χ0n) is 14.5. The van der Waals surface area contributed by atoms with Gasteiger partial charge in [0.1, 0.15) is 5.69 Å². The number of hydrogen-bond acceptors (Lipinski definition) is 5. The normalized spacial score (nSPS) is 10.8. The number of aryl methyl sites for hydroxylation is 1. The van der Waals surface area contributed by atoms with Crippen molar-refractivity contribution in [3.05, 3.63) is 17.5 Å². The number of anilines is 1. The van der Waals surface area contributed by atoms with Crippen LogP contribution in [0.2, 0.25) is 0 Å². The maximum atomic E-state index is 12.2. The molecule has 0 aliphatic rings. The number of carbonyl (C=O) groups excluding carboxylic acids is 1. The lowest BCUT2D eigenvalue weighted by molar-refractivity contribution is 0.0947. The Morgan fingerprint density at radius 3 is 2.55 bits per heavy atom. The molecule has 124 valence electrons. The second-order valence-electron chi connectivity index (χ2n) is 5.88. The Hall–Kier alpha value is -1.69. The van der Waals surface area contributed by atoms with Crippen molar-refractivity contribution in [3.63, 3.8) is 0 Å². The first-order chi connectivity index (χ1) is 10.4. The minimum absolute atomic E-state index is 0.130. The molecule has 1 aromatic rings. The van der Waals surface area contributed by atoms with Gasteiger partial charge in [0, 0.05) is 25.8 Å². The Morgan fingerprint density at radius 2 is 1.91 bits per heavy atom. The van der Waals surface area contributed by atoms with Gasteiger partial charge >= 0.3 is 0 Å². The van der Waals surface area contributed by atoms with Crippen LogP contribution in [0.25, 0.3) is 0 Å². The van der Waals surface area contributed by atoms with E-state index in [0.29, 0.717) is 18.2 Å².